The number of benzene rings is 1. The van der Waals surface area contributed by atoms with Crippen molar-refractivity contribution in [1.82, 2.24) is 9.97 Å². The van der Waals surface area contributed by atoms with Gasteiger partial charge in [-0.05, 0) is 24.6 Å². The van der Waals surface area contributed by atoms with Gasteiger partial charge in [-0.1, -0.05) is 12.1 Å². The van der Waals surface area contributed by atoms with Crippen molar-refractivity contribution in [2.75, 3.05) is 19.1 Å². The molecule has 2 rings (SSSR count). The second-order valence-electron chi connectivity index (χ2n) is 4.86. The Hall–Kier alpha value is -2.31. The molecule has 2 aromatic rings. The highest BCUT2D eigenvalue weighted by molar-refractivity contribution is 5.41. The smallest absolute Gasteiger partial charge is 0.433 e. The average Bonchev–Trinajstić information content (AvgIpc) is 2.46. The van der Waals surface area contributed by atoms with Crippen molar-refractivity contribution >= 4 is 5.82 Å². The first-order valence-electron chi connectivity index (χ1n) is 6.56. The van der Waals surface area contributed by atoms with Crippen LogP contribution in [0.2, 0.25) is 0 Å². The Morgan fingerprint density at radius 3 is 2.55 bits per heavy atom. The van der Waals surface area contributed by atoms with Gasteiger partial charge < -0.3 is 9.64 Å². The van der Waals surface area contributed by atoms with Gasteiger partial charge in [-0.25, -0.2) is 9.97 Å². The fourth-order valence-corrected chi connectivity index (χ4v) is 2.02. The molecule has 0 fully saturated rings. The van der Waals surface area contributed by atoms with E-state index in [1.54, 1.807) is 25.1 Å². The van der Waals surface area contributed by atoms with Gasteiger partial charge in [0.05, 0.1) is 7.11 Å². The van der Waals surface area contributed by atoms with Crippen LogP contribution in [-0.2, 0) is 12.7 Å². The SMILES string of the molecule is COc1cccc(CN(C)c2cc(C(F)(F)F)nc(C)n2)c1. The van der Waals surface area contributed by atoms with Crippen molar-refractivity contribution < 1.29 is 17.9 Å². The lowest BCUT2D eigenvalue weighted by Crippen LogP contribution is -2.20. The van der Waals surface area contributed by atoms with Gasteiger partial charge in [-0.2, -0.15) is 13.2 Å². The molecule has 0 aliphatic heterocycles. The van der Waals surface area contributed by atoms with Gasteiger partial charge in [-0.15, -0.1) is 0 Å². The zero-order chi connectivity index (χ0) is 16.3. The topological polar surface area (TPSA) is 38.2 Å². The summed E-state index contributed by atoms with van der Waals surface area (Å²) in [5.41, 5.74) is -0.0285. The number of hydrogen-bond acceptors (Lipinski definition) is 4. The molecular formula is C15H16F3N3O. The van der Waals surface area contributed by atoms with Gasteiger partial charge in [0.2, 0.25) is 0 Å². The molecule has 0 saturated heterocycles. The first kappa shape index (κ1) is 16.1. The quantitative estimate of drug-likeness (QED) is 0.867. The molecule has 4 nitrogen and oxygen atoms in total. The molecule has 0 bridgehead atoms. The number of hydrogen-bond donors (Lipinski definition) is 0. The summed E-state index contributed by atoms with van der Waals surface area (Å²) in [6.07, 6.45) is -4.49. The van der Waals surface area contributed by atoms with Crippen molar-refractivity contribution in [3.8, 4) is 5.75 Å². The lowest BCUT2D eigenvalue weighted by Gasteiger charge is -2.20. The Bertz CT molecular complexity index is 659. The predicted molar refractivity (Wildman–Crippen MR) is 76.9 cm³/mol. The Labute approximate surface area is 126 Å². The van der Waals surface area contributed by atoms with Crippen LogP contribution in [0.1, 0.15) is 17.1 Å². The zero-order valence-corrected chi connectivity index (χ0v) is 12.5. The third kappa shape index (κ3) is 3.87. The molecule has 22 heavy (non-hydrogen) atoms. The fourth-order valence-electron chi connectivity index (χ4n) is 2.02. The minimum Gasteiger partial charge on any atom is -0.497 e. The Kier molecular flexibility index (Phi) is 4.54. The van der Waals surface area contributed by atoms with E-state index in [0.29, 0.717) is 12.3 Å². The largest absolute Gasteiger partial charge is 0.497 e. The van der Waals surface area contributed by atoms with E-state index in [0.717, 1.165) is 11.6 Å². The van der Waals surface area contributed by atoms with Gasteiger partial charge in [0.15, 0.2) is 0 Å². The van der Waals surface area contributed by atoms with Gasteiger partial charge in [-0.3, -0.25) is 0 Å². The predicted octanol–water partition coefficient (Wildman–Crippen LogP) is 3.45. The molecule has 0 unspecified atom stereocenters. The molecule has 0 radical (unpaired) electrons. The van der Waals surface area contributed by atoms with Crippen molar-refractivity contribution in [3.05, 3.63) is 47.4 Å². The molecular weight excluding hydrogens is 295 g/mol. The summed E-state index contributed by atoms with van der Waals surface area (Å²) in [4.78, 5) is 9.15. The summed E-state index contributed by atoms with van der Waals surface area (Å²) < 4.78 is 43.6. The first-order chi connectivity index (χ1) is 10.3. The van der Waals surface area contributed by atoms with E-state index in [9.17, 15) is 13.2 Å². The van der Waals surface area contributed by atoms with Crippen LogP contribution in [0.3, 0.4) is 0 Å². The number of rotatable bonds is 4. The van der Waals surface area contributed by atoms with Crippen molar-refractivity contribution in [3.63, 3.8) is 0 Å². The third-order valence-electron chi connectivity index (χ3n) is 3.06. The maximum Gasteiger partial charge on any atom is 0.433 e. The number of ether oxygens (including phenoxy) is 1. The van der Waals surface area contributed by atoms with E-state index >= 15 is 0 Å². The van der Waals surface area contributed by atoms with E-state index in [1.165, 1.54) is 6.92 Å². The summed E-state index contributed by atoms with van der Waals surface area (Å²) in [5.74, 6) is 1.01. The minimum absolute atomic E-state index is 0.0855. The normalized spacial score (nSPS) is 11.4. The molecule has 0 N–H and O–H groups in total. The molecule has 7 heteroatoms. The first-order valence-corrected chi connectivity index (χ1v) is 6.56. The number of methoxy groups -OCH3 is 1. The minimum atomic E-state index is -4.49. The molecule has 0 amide bonds. The third-order valence-corrected chi connectivity index (χ3v) is 3.06. The fraction of sp³-hybridized carbons (Fsp3) is 0.333. The van der Waals surface area contributed by atoms with Crippen LogP contribution in [0.5, 0.6) is 5.75 Å². The van der Waals surface area contributed by atoms with E-state index in [-0.39, 0.29) is 11.6 Å². The van der Waals surface area contributed by atoms with Crippen LogP contribution in [0.15, 0.2) is 30.3 Å². The molecule has 1 aromatic carbocycles. The van der Waals surface area contributed by atoms with E-state index in [4.69, 9.17) is 4.74 Å². The molecule has 0 spiro atoms. The van der Waals surface area contributed by atoms with Gasteiger partial charge in [0.25, 0.3) is 0 Å². The number of alkyl halides is 3. The lowest BCUT2D eigenvalue weighted by molar-refractivity contribution is -0.141. The van der Waals surface area contributed by atoms with E-state index < -0.39 is 11.9 Å². The second kappa shape index (κ2) is 6.21. The molecule has 0 aliphatic rings. The van der Waals surface area contributed by atoms with E-state index in [1.807, 2.05) is 18.2 Å². The number of aromatic nitrogens is 2. The lowest BCUT2D eigenvalue weighted by atomic mass is 10.2. The highest BCUT2D eigenvalue weighted by Gasteiger charge is 2.33. The molecule has 1 heterocycles. The van der Waals surface area contributed by atoms with Crippen molar-refractivity contribution in [1.29, 1.82) is 0 Å². The summed E-state index contributed by atoms with van der Waals surface area (Å²) in [6.45, 7) is 1.85. The Morgan fingerprint density at radius 2 is 1.91 bits per heavy atom. The Morgan fingerprint density at radius 1 is 1.18 bits per heavy atom. The van der Waals surface area contributed by atoms with Crippen LogP contribution < -0.4 is 9.64 Å². The number of nitrogens with zero attached hydrogens (tertiary/aromatic N) is 3. The van der Waals surface area contributed by atoms with Crippen LogP contribution in [0.4, 0.5) is 19.0 Å². The summed E-state index contributed by atoms with van der Waals surface area (Å²) in [5, 5.41) is 0. The molecule has 0 saturated carbocycles. The van der Waals surface area contributed by atoms with Crippen LogP contribution in [0, 0.1) is 6.92 Å². The molecule has 118 valence electrons. The molecule has 1 aromatic heterocycles. The highest BCUT2D eigenvalue weighted by Crippen LogP contribution is 2.29. The summed E-state index contributed by atoms with van der Waals surface area (Å²) >= 11 is 0. The van der Waals surface area contributed by atoms with E-state index in [2.05, 4.69) is 9.97 Å². The van der Waals surface area contributed by atoms with Gasteiger partial charge in [0.1, 0.15) is 23.1 Å². The summed E-state index contributed by atoms with van der Waals surface area (Å²) in [7, 11) is 3.24. The number of anilines is 1. The van der Waals surface area contributed by atoms with Crippen molar-refractivity contribution in [2.45, 2.75) is 19.6 Å². The molecule has 0 atom stereocenters. The monoisotopic (exact) mass is 311 g/mol. The second-order valence-corrected chi connectivity index (χ2v) is 4.86. The zero-order valence-electron chi connectivity index (χ0n) is 12.5. The maximum atomic E-state index is 12.8. The van der Waals surface area contributed by atoms with Crippen LogP contribution in [0.25, 0.3) is 0 Å². The number of aryl methyl sites for hydroxylation is 1. The average molecular weight is 311 g/mol. The molecule has 0 aliphatic carbocycles. The number of halogens is 3. The highest BCUT2D eigenvalue weighted by atomic mass is 19.4. The van der Waals surface area contributed by atoms with Gasteiger partial charge >= 0.3 is 6.18 Å². The summed E-state index contributed by atoms with van der Waals surface area (Å²) in [6, 6.07) is 8.29. The standard InChI is InChI=1S/C15H16F3N3O/c1-10-19-13(15(16,17)18)8-14(20-10)21(2)9-11-5-4-6-12(7-11)22-3/h4-8H,9H2,1-3H3. The van der Waals surface area contributed by atoms with Crippen LogP contribution in [-0.4, -0.2) is 24.1 Å². The van der Waals surface area contributed by atoms with Gasteiger partial charge in [0, 0.05) is 19.7 Å². The van der Waals surface area contributed by atoms with Crippen molar-refractivity contribution in [2.24, 2.45) is 0 Å². The Balaban J connectivity index is 2.25. The van der Waals surface area contributed by atoms with Crippen LogP contribution >= 0.6 is 0 Å². The maximum absolute atomic E-state index is 12.8.